The SMILES string of the molecule is COCCCN1C(=O)C(CC(=O)Nc2c(C)cccc2C)SC1=Nc1c(C)cccc1C. The van der Waals surface area contributed by atoms with Crippen LogP contribution in [0.4, 0.5) is 11.4 Å². The zero-order valence-electron chi connectivity index (χ0n) is 19.4. The van der Waals surface area contributed by atoms with Crippen LogP contribution in [0.2, 0.25) is 0 Å². The van der Waals surface area contributed by atoms with Gasteiger partial charge in [0.05, 0.1) is 5.69 Å². The number of carbonyl (C=O) groups excluding carboxylic acids is 2. The maximum absolute atomic E-state index is 13.2. The molecule has 7 heteroatoms. The van der Waals surface area contributed by atoms with Crippen molar-refractivity contribution in [2.75, 3.05) is 25.6 Å². The molecule has 170 valence electrons. The molecule has 1 aliphatic rings. The number of aliphatic imine (C=N–C) groups is 1. The highest BCUT2D eigenvalue weighted by atomic mass is 32.2. The van der Waals surface area contributed by atoms with Gasteiger partial charge in [0, 0.05) is 32.4 Å². The number of thioether (sulfide) groups is 1. The highest BCUT2D eigenvalue weighted by Gasteiger charge is 2.39. The average Bonchev–Trinajstić information content (AvgIpc) is 3.02. The number of hydrogen-bond donors (Lipinski definition) is 1. The summed E-state index contributed by atoms with van der Waals surface area (Å²) in [5.74, 6) is -0.244. The molecule has 2 aromatic carbocycles. The third kappa shape index (κ3) is 5.58. The van der Waals surface area contributed by atoms with E-state index in [4.69, 9.17) is 9.73 Å². The van der Waals surface area contributed by atoms with E-state index in [0.29, 0.717) is 24.7 Å². The number of aryl methyl sites for hydroxylation is 4. The predicted molar refractivity (Wildman–Crippen MR) is 132 cm³/mol. The molecule has 0 spiro atoms. The van der Waals surface area contributed by atoms with E-state index in [1.165, 1.54) is 11.8 Å². The summed E-state index contributed by atoms with van der Waals surface area (Å²) < 4.78 is 5.16. The summed E-state index contributed by atoms with van der Waals surface area (Å²) in [4.78, 5) is 32.5. The number of carbonyl (C=O) groups is 2. The average molecular weight is 454 g/mol. The van der Waals surface area contributed by atoms with Crippen molar-refractivity contribution in [2.45, 2.75) is 45.8 Å². The van der Waals surface area contributed by atoms with Crippen LogP contribution in [0.1, 0.15) is 35.1 Å². The van der Waals surface area contributed by atoms with Gasteiger partial charge in [-0.3, -0.25) is 14.5 Å². The van der Waals surface area contributed by atoms with E-state index >= 15 is 0 Å². The smallest absolute Gasteiger partial charge is 0.242 e. The van der Waals surface area contributed by atoms with Gasteiger partial charge < -0.3 is 10.1 Å². The first kappa shape index (κ1) is 24.0. The van der Waals surface area contributed by atoms with Gasteiger partial charge in [-0.25, -0.2) is 4.99 Å². The molecular weight excluding hydrogens is 422 g/mol. The minimum absolute atomic E-state index is 0.0762. The molecule has 32 heavy (non-hydrogen) atoms. The van der Waals surface area contributed by atoms with E-state index in [1.807, 2.05) is 64.1 Å². The zero-order valence-corrected chi connectivity index (χ0v) is 20.2. The fraction of sp³-hybridized carbons (Fsp3) is 0.400. The molecule has 2 aromatic rings. The third-order valence-electron chi connectivity index (χ3n) is 5.51. The summed E-state index contributed by atoms with van der Waals surface area (Å²) in [6, 6.07) is 11.9. The van der Waals surface area contributed by atoms with Crippen molar-refractivity contribution in [1.82, 2.24) is 4.90 Å². The number of amides is 2. The number of anilines is 1. The maximum Gasteiger partial charge on any atom is 0.242 e. The van der Waals surface area contributed by atoms with Gasteiger partial charge in [-0.15, -0.1) is 0 Å². The minimum atomic E-state index is -0.495. The molecular formula is C25H31N3O3S. The summed E-state index contributed by atoms with van der Waals surface area (Å²) in [6.45, 7) is 9.02. The largest absolute Gasteiger partial charge is 0.385 e. The molecule has 2 amide bonds. The highest BCUT2D eigenvalue weighted by Crippen LogP contribution is 2.34. The van der Waals surface area contributed by atoms with Gasteiger partial charge in [-0.05, 0) is 56.4 Å². The fourth-order valence-corrected chi connectivity index (χ4v) is 4.92. The lowest BCUT2D eigenvalue weighted by molar-refractivity contribution is -0.128. The predicted octanol–water partition coefficient (Wildman–Crippen LogP) is 4.92. The summed E-state index contributed by atoms with van der Waals surface area (Å²) in [5, 5.41) is 3.14. The van der Waals surface area contributed by atoms with Gasteiger partial charge in [-0.1, -0.05) is 48.2 Å². The Bertz CT molecular complexity index is 995. The first-order valence-corrected chi connectivity index (χ1v) is 11.7. The van der Waals surface area contributed by atoms with Gasteiger partial charge in [0.2, 0.25) is 11.8 Å². The molecule has 1 N–H and O–H groups in total. The molecule has 1 unspecified atom stereocenters. The number of ether oxygens (including phenoxy) is 1. The lowest BCUT2D eigenvalue weighted by Crippen LogP contribution is -2.34. The quantitative estimate of drug-likeness (QED) is 0.576. The van der Waals surface area contributed by atoms with E-state index in [1.54, 1.807) is 12.0 Å². The van der Waals surface area contributed by atoms with Crippen LogP contribution in [-0.2, 0) is 14.3 Å². The number of rotatable bonds is 8. The summed E-state index contributed by atoms with van der Waals surface area (Å²) >= 11 is 1.37. The molecule has 0 aliphatic carbocycles. The minimum Gasteiger partial charge on any atom is -0.385 e. The number of hydrogen-bond acceptors (Lipinski definition) is 5. The van der Waals surface area contributed by atoms with E-state index in [0.717, 1.165) is 33.6 Å². The van der Waals surface area contributed by atoms with Gasteiger partial charge in [0.1, 0.15) is 5.25 Å². The number of methoxy groups -OCH3 is 1. The third-order valence-corrected chi connectivity index (χ3v) is 6.69. The van der Waals surface area contributed by atoms with Gasteiger partial charge in [0.25, 0.3) is 0 Å². The van der Waals surface area contributed by atoms with Crippen molar-refractivity contribution in [1.29, 1.82) is 0 Å². The number of amidine groups is 1. The van der Waals surface area contributed by atoms with Crippen LogP contribution in [0, 0.1) is 27.7 Å². The maximum atomic E-state index is 13.2. The number of nitrogens with one attached hydrogen (secondary N) is 1. The van der Waals surface area contributed by atoms with Crippen molar-refractivity contribution >= 4 is 40.1 Å². The molecule has 0 radical (unpaired) electrons. The Morgan fingerprint density at radius 2 is 1.66 bits per heavy atom. The molecule has 3 rings (SSSR count). The Morgan fingerprint density at radius 1 is 1.06 bits per heavy atom. The van der Waals surface area contributed by atoms with Crippen LogP contribution < -0.4 is 5.32 Å². The highest BCUT2D eigenvalue weighted by molar-refractivity contribution is 8.15. The first-order valence-electron chi connectivity index (χ1n) is 10.8. The Hall–Kier alpha value is -2.64. The monoisotopic (exact) mass is 453 g/mol. The molecule has 1 heterocycles. The van der Waals surface area contributed by atoms with E-state index in [9.17, 15) is 9.59 Å². The van der Waals surface area contributed by atoms with Crippen LogP contribution in [-0.4, -0.2) is 47.4 Å². The summed E-state index contributed by atoms with van der Waals surface area (Å²) in [7, 11) is 1.65. The Morgan fingerprint density at radius 3 is 2.25 bits per heavy atom. The van der Waals surface area contributed by atoms with E-state index in [2.05, 4.69) is 5.32 Å². The fourth-order valence-electron chi connectivity index (χ4n) is 3.75. The lowest BCUT2D eigenvalue weighted by atomic mass is 10.1. The molecule has 0 saturated carbocycles. The number of benzene rings is 2. The Kier molecular flexibility index (Phi) is 8.10. The van der Waals surface area contributed by atoms with Crippen LogP contribution in [0.3, 0.4) is 0 Å². The Balaban J connectivity index is 1.81. The Labute approximate surface area is 194 Å². The molecule has 1 saturated heterocycles. The second-order valence-electron chi connectivity index (χ2n) is 8.10. The molecule has 1 atom stereocenters. The molecule has 1 aliphatic heterocycles. The summed E-state index contributed by atoms with van der Waals surface area (Å²) in [5.41, 5.74) is 5.80. The van der Waals surface area contributed by atoms with E-state index < -0.39 is 5.25 Å². The van der Waals surface area contributed by atoms with Crippen molar-refractivity contribution < 1.29 is 14.3 Å². The van der Waals surface area contributed by atoms with Gasteiger partial charge >= 0.3 is 0 Å². The zero-order chi connectivity index (χ0) is 23.3. The normalized spacial score (nSPS) is 17.3. The number of para-hydroxylation sites is 2. The van der Waals surface area contributed by atoms with Gasteiger partial charge in [-0.2, -0.15) is 0 Å². The second-order valence-corrected chi connectivity index (χ2v) is 9.27. The van der Waals surface area contributed by atoms with Crippen molar-refractivity contribution in [3.8, 4) is 0 Å². The lowest BCUT2D eigenvalue weighted by Gasteiger charge is -2.17. The van der Waals surface area contributed by atoms with Crippen molar-refractivity contribution in [3.05, 3.63) is 58.7 Å². The molecule has 6 nitrogen and oxygen atoms in total. The van der Waals surface area contributed by atoms with E-state index in [-0.39, 0.29) is 18.2 Å². The topological polar surface area (TPSA) is 71.0 Å². The standard InChI is InChI=1S/C25H31N3O3S/c1-16-9-6-10-17(2)22(16)26-21(29)15-20-24(30)28(13-8-14-31-5)25(32-20)27-23-18(3)11-7-12-19(23)4/h6-7,9-12,20H,8,13-15H2,1-5H3,(H,26,29). The molecule has 1 fully saturated rings. The van der Waals surface area contributed by atoms with Crippen LogP contribution >= 0.6 is 11.8 Å². The second kappa shape index (κ2) is 10.8. The van der Waals surface area contributed by atoms with Crippen molar-refractivity contribution in [3.63, 3.8) is 0 Å². The summed E-state index contributed by atoms with van der Waals surface area (Å²) in [6.07, 6.45) is 0.805. The van der Waals surface area contributed by atoms with Crippen LogP contribution in [0.5, 0.6) is 0 Å². The van der Waals surface area contributed by atoms with Crippen LogP contribution in [0.15, 0.2) is 41.4 Å². The van der Waals surface area contributed by atoms with Crippen LogP contribution in [0.25, 0.3) is 0 Å². The van der Waals surface area contributed by atoms with Crippen molar-refractivity contribution in [2.24, 2.45) is 4.99 Å². The molecule has 0 aromatic heterocycles. The first-order chi connectivity index (χ1) is 15.3. The van der Waals surface area contributed by atoms with Gasteiger partial charge in [0.15, 0.2) is 5.17 Å². The molecule has 0 bridgehead atoms. The number of nitrogens with zero attached hydrogens (tertiary/aromatic N) is 2.